The van der Waals surface area contributed by atoms with Crippen LogP contribution in [-0.2, 0) is 0 Å². The summed E-state index contributed by atoms with van der Waals surface area (Å²) in [6.07, 6.45) is 11.0. The molecule has 3 N–H and O–H groups in total. The molecule has 0 aromatic rings. The van der Waals surface area contributed by atoms with E-state index in [-0.39, 0.29) is 5.54 Å². The van der Waals surface area contributed by atoms with Gasteiger partial charge in [0.25, 0.3) is 0 Å². The fourth-order valence-corrected chi connectivity index (χ4v) is 4.05. The second-order valence-electron chi connectivity index (χ2n) is 6.74. The van der Waals surface area contributed by atoms with Gasteiger partial charge in [-0.3, -0.25) is 16.2 Å². The fourth-order valence-electron chi connectivity index (χ4n) is 4.05. The largest absolute Gasteiger partial charge is 0.297 e. The molecule has 1 heterocycles. The summed E-state index contributed by atoms with van der Waals surface area (Å²) in [5.74, 6) is 6.69. The van der Waals surface area contributed by atoms with Crippen molar-refractivity contribution in [3.8, 4) is 0 Å². The smallest absolute Gasteiger partial charge is 0.0417 e. The van der Waals surface area contributed by atoms with Crippen LogP contribution in [0.3, 0.4) is 0 Å². The van der Waals surface area contributed by atoms with Crippen molar-refractivity contribution >= 4 is 0 Å². The van der Waals surface area contributed by atoms with Crippen LogP contribution in [-0.4, -0.2) is 29.6 Å². The number of nitrogens with zero attached hydrogens (tertiary/aromatic N) is 1. The third-order valence-corrected chi connectivity index (χ3v) is 5.23. The topological polar surface area (TPSA) is 41.3 Å². The van der Waals surface area contributed by atoms with Gasteiger partial charge in [-0.25, -0.2) is 0 Å². The van der Waals surface area contributed by atoms with Gasteiger partial charge in [0.1, 0.15) is 0 Å². The molecule has 18 heavy (non-hydrogen) atoms. The third kappa shape index (κ3) is 3.06. The van der Waals surface area contributed by atoms with Crippen LogP contribution in [0.5, 0.6) is 0 Å². The van der Waals surface area contributed by atoms with Crippen LogP contribution in [0, 0.1) is 5.92 Å². The van der Waals surface area contributed by atoms with Gasteiger partial charge in [0.05, 0.1) is 0 Å². The van der Waals surface area contributed by atoms with E-state index < -0.39 is 0 Å². The number of nitrogens with two attached hydrogens (primary N) is 1. The average molecular weight is 253 g/mol. The Kier molecular flexibility index (Phi) is 5.05. The first kappa shape index (κ1) is 14.3. The van der Waals surface area contributed by atoms with Gasteiger partial charge < -0.3 is 0 Å². The first-order valence-corrected chi connectivity index (χ1v) is 7.87. The molecule has 0 aromatic carbocycles. The number of hydrogen-bond acceptors (Lipinski definition) is 3. The van der Waals surface area contributed by atoms with E-state index in [1.807, 2.05) is 0 Å². The predicted molar refractivity (Wildman–Crippen MR) is 77.2 cm³/mol. The van der Waals surface area contributed by atoms with Crippen molar-refractivity contribution in [2.75, 3.05) is 13.1 Å². The van der Waals surface area contributed by atoms with Crippen LogP contribution in [0.1, 0.15) is 65.2 Å². The second-order valence-corrected chi connectivity index (χ2v) is 6.74. The molecule has 1 saturated carbocycles. The quantitative estimate of drug-likeness (QED) is 0.460. The Morgan fingerprint density at radius 1 is 1.00 bits per heavy atom. The van der Waals surface area contributed by atoms with E-state index in [1.165, 1.54) is 64.5 Å². The van der Waals surface area contributed by atoms with Crippen LogP contribution >= 0.6 is 0 Å². The molecule has 2 aliphatic rings. The first-order chi connectivity index (χ1) is 8.66. The number of nitrogens with one attached hydrogen (secondary N) is 1. The second kappa shape index (κ2) is 6.36. The van der Waals surface area contributed by atoms with Gasteiger partial charge in [-0.2, -0.15) is 0 Å². The Morgan fingerprint density at radius 3 is 2.06 bits per heavy atom. The van der Waals surface area contributed by atoms with E-state index in [9.17, 15) is 0 Å². The summed E-state index contributed by atoms with van der Waals surface area (Å²) in [5, 5.41) is 0. The molecule has 1 aliphatic carbocycles. The minimum atomic E-state index is 0.195. The highest BCUT2D eigenvalue weighted by Gasteiger charge is 2.40. The van der Waals surface area contributed by atoms with Crippen molar-refractivity contribution in [1.29, 1.82) is 0 Å². The van der Waals surface area contributed by atoms with E-state index in [2.05, 4.69) is 24.2 Å². The lowest BCUT2D eigenvalue weighted by molar-refractivity contribution is 0.0723. The van der Waals surface area contributed by atoms with Crippen molar-refractivity contribution in [1.82, 2.24) is 10.3 Å². The van der Waals surface area contributed by atoms with Crippen LogP contribution in [0.15, 0.2) is 0 Å². The highest BCUT2D eigenvalue weighted by Crippen LogP contribution is 2.34. The lowest BCUT2D eigenvalue weighted by Gasteiger charge is -2.45. The van der Waals surface area contributed by atoms with Crippen LogP contribution in [0.2, 0.25) is 0 Å². The SMILES string of the molecule is CC(C)(C(NN)C1CCCCCC1)N1CCCC1. The molecule has 1 unspecified atom stereocenters. The zero-order valence-corrected chi connectivity index (χ0v) is 12.3. The van der Waals surface area contributed by atoms with Gasteiger partial charge in [-0.05, 0) is 58.5 Å². The first-order valence-electron chi connectivity index (χ1n) is 7.87. The molecule has 0 radical (unpaired) electrons. The van der Waals surface area contributed by atoms with Crippen LogP contribution < -0.4 is 11.3 Å². The van der Waals surface area contributed by atoms with Gasteiger partial charge in [-0.1, -0.05) is 25.7 Å². The predicted octanol–water partition coefficient (Wildman–Crippen LogP) is 2.66. The number of rotatable bonds is 4. The van der Waals surface area contributed by atoms with Gasteiger partial charge >= 0.3 is 0 Å². The minimum Gasteiger partial charge on any atom is -0.297 e. The Bertz CT molecular complexity index is 238. The summed E-state index contributed by atoms with van der Waals surface area (Å²) < 4.78 is 0. The van der Waals surface area contributed by atoms with E-state index in [1.54, 1.807) is 0 Å². The van der Waals surface area contributed by atoms with Crippen LogP contribution in [0.25, 0.3) is 0 Å². The van der Waals surface area contributed by atoms with Gasteiger partial charge in [0.15, 0.2) is 0 Å². The molecule has 2 fully saturated rings. The summed E-state index contributed by atoms with van der Waals surface area (Å²) in [6.45, 7) is 7.26. The molecule has 2 rings (SSSR count). The number of likely N-dealkylation sites (tertiary alicyclic amines) is 1. The molecular formula is C15H31N3. The number of hydrazine groups is 1. The summed E-state index contributed by atoms with van der Waals surface area (Å²) >= 11 is 0. The molecule has 3 nitrogen and oxygen atoms in total. The summed E-state index contributed by atoms with van der Waals surface area (Å²) in [4.78, 5) is 2.64. The standard InChI is InChI=1S/C15H31N3/c1-15(2,18-11-7-8-12-18)14(17-16)13-9-5-3-4-6-10-13/h13-14,17H,3-12,16H2,1-2H3. The molecule has 0 spiro atoms. The Hall–Kier alpha value is -0.120. The lowest BCUT2D eigenvalue weighted by Crippen LogP contribution is -2.61. The molecular weight excluding hydrogens is 222 g/mol. The molecule has 1 saturated heterocycles. The molecule has 1 atom stereocenters. The molecule has 0 aromatic heterocycles. The summed E-state index contributed by atoms with van der Waals surface area (Å²) in [5.41, 5.74) is 3.37. The zero-order valence-electron chi connectivity index (χ0n) is 12.3. The number of hydrogen-bond donors (Lipinski definition) is 2. The molecule has 106 valence electrons. The van der Waals surface area contributed by atoms with E-state index in [4.69, 9.17) is 5.84 Å². The van der Waals surface area contributed by atoms with Crippen molar-refractivity contribution in [2.24, 2.45) is 11.8 Å². The van der Waals surface area contributed by atoms with E-state index >= 15 is 0 Å². The molecule has 1 aliphatic heterocycles. The van der Waals surface area contributed by atoms with E-state index in [0.29, 0.717) is 6.04 Å². The van der Waals surface area contributed by atoms with Crippen molar-refractivity contribution in [3.63, 3.8) is 0 Å². The van der Waals surface area contributed by atoms with E-state index in [0.717, 1.165) is 5.92 Å². The summed E-state index contributed by atoms with van der Waals surface area (Å²) in [6, 6.07) is 0.439. The highest BCUT2D eigenvalue weighted by molar-refractivity contribution is 4.98. The highest BCUT2D eigenvalue weighted by atomic mass is 15.3. The lowest BCUT2D eigenvalue weighted by atomic mass is 9.79. The summed E-state index contributed by atoms with van der Waals surface area (Å²) in [7, 11) is 0. The van der Waals surface area contributed by atoms with Crippen molar-refractivity contribution in [3.05, 3.63) is 0 Å². The van der Waals surface area contributed by atoms with Gasteiger partial charge in [0, 0.05) is 11.6 Å². The molecule has 0 bridgehead atoms. The maximum atomic E-state index is 5.93. The monoisotopic (exact) mass is 253 g/mol. The maximum absolute atomic E-state index is 5.93. The van der Waals surface area contributed by atoms with Crippen LogP contribution in [0.4, 0.5) is 0 Å². The fraction of sp³-hybridized carbons (Fsp3) is 1.00. The van der Waals surface area contributed by atoms with Crippen molar-refractivity contribution < 1.29 is 0 Å². The third-order valence-electron chi connectivity index (χ3n) is 5.23. The minimum absolute atomic E-state index is 0.195. The van der Waals surface area contributed by atoms with Gasteiger partial charge in [0.2, 0.25) is 0 Å². The zero-order chi connectivity index (χ0) is 13.0. The normalized spacial score (nSPS) is 26.2. The Labute approximate surface area is 112 Å². The average Bonchev–Trinajstić information content (AvgIpc) is 2.77. The Morgan fingerprint density at radius 2 is 1.56 bits per heavy atom. The van der Waals surface area contributed by atoms with Gasteiger partial charge in [-0.15, -0.1) is 0 Å². The molecule has 3 heteroatoms. The molecule has 0 amide bonds. The van der Waals surface area contributed by atoms with Crippen molar-refractivity contribution in [2.45, 2.75) is 76.8 Å². The Balaban J connectivity index is 2.04. The maximum Gasteiger partial charge on any atom is 0.0417 e.